The molecule has 0 spiro atoms. The third-order valence-electron chi connectivity index (χ3n) is 3.65. The molecule has 6 nitrogen and oxygen atoms in total. The molecule has 0 atom stereocenters. The summed E-state index contributed by atoms with van der Waals surface area (Å²) < 4.78 is 12.7. The van der Waals surface area contributed by atoms with Gasteiger partial charge in [-0.05, 0) is 36.5 Å². The second kappa shape index (κ2) is 5.86. The summed E-state index contributed by atoms with van der Waals surface area (Å²) in [6, 6.07) is 14.7. The molecule has 0 unspecified atom stereocenters. The summed E-state index contributed by atoms with van der Waals surface area (Å²) in [6.07, 6.45) is 1.59. The maximum absolute atomic E-state index is 12.7. The van der Waals surface area contributed by atoms with E-state index in [0.29, 0.717) is 27.7 Å². The van der Waals surface area contributed by atoms with Gasteiger partial charge in [-0.1, -0.05) is 18.2 Å². The molecule has 2 N–H and O–H groups in total. The molecular weight excluding hydrogens is 326 g/mol. The van der Waals surface area contributed by atoms with Crippen molar-refractivity contribution in [2.45, 2.75) is 0 Å². The van der Waals surface area contributed by atoms with Gasteiger partial charge >= 0.3 is 0 Å². The Balaban J connectivity index is 1.65. The first-order chi connectivity index (χ1) is 11.7. The van der Waals surface area contributed by atoms with Gasteiger partial charge in [-0.3, -0.25) is 9.36 Å². The third-order valence-corrected chi connectivity index (χ3v) is 3.95. The molecule has 0 saturated heterocycles. The summed E-state index contributed by atoms with van der Waals surface area (Å²) in [6.45, 7) is 0.192. The molecule has 2 heterocycles. The highest BCUT2D eigenvalue weighted by Crippen LogP contribution is 2.34. The first-order valence-electron chi connectivity index (χ1n) is 7.29. The molecule has 0 fully saturated rings. The number of carbonyl (C=O) groups is 1. The molecule has 1 aliphatic rings. The van der Waals surface area contributed by atoms with Crippen molar-refractivity contribution in [1.29, 1.82) is 0 Å². The maximum atomic E-state index is 12.7. The van der Waals surface area contributed by atoms with Crippen molar-refractivity contribution in [3.05, 3.63) is 65.2 Å². The third kappa shape index (κ3) is 2.55. The van der Waals surface area contributed by atoms with Gasteiger partial charge in [-0.15, -0.1) is 0 Å². The van der Waals surface area contributed by atoms with Crippen LogP contribution in [0.3, 0.4) is 0 Å². The second-order valence-electron chi connectivity index (χ2n) is 5.17. The summed E-state index contributed by atoms with van der Waals surface area (Å²) in [5.41, 5.74) is 1.86. The van der Waals surface area contributed by atoms with Crippen LogP contribution in [0.25, 0.3) is 5.69 Å². The van der Waals surface area contributed by atoms with Gasteiger partial charge in [0.1, 0.15) is 5.69 Å². The number of hydrogen-bond donors (Lipinski definition) is 2. The molecule has 7 heteroatoms. The lowest BCUT2D eigenvalue weighted by Gasteiger charge is -2.09. The number of nitrogens with one attached hydrogen (secondary N) is 2. The smallest absolute Gasteiger partial charge is 0.274 e. The maximum Gasteiger partial charge on any atom is 0.274 e. The fourth-order valence-electron chi connectivity index (χ4n) is 2.54. The fraction of sp³-hybridized carbons (Fsp3) is 0.0588. The van der Waals surface area contributed by atoms with E-state index in [1.807, 2.05) is 30.3 Å². The number of hydrogen-bond acceptors (Lipinski definition) is 4. The normalized spacial score (nSPS) is 12.2. The number of nitrogens with zero attached hydrogens (tertiary/aromatic N) is 1. The van der Waals surface area contributed by atoms with Crippen molar-refractivity contribution in [2.75, 3.05) is 12.1 Å². The summed E-state index contributed by atoms with van der Waals surface area (Å²) in [4.78, 5) is 15.6. The predicted molar refractivity (Wildman–Crippen MR) is 91.5 cm³/mol. The average molecular weight is 339 g/mol. The van der Waals surface area contributed by atoms with Crippen LogP contribution >= 0.6 is 12.2 Å². The number of ether oxygens (including phenoxy) is 2. The molecule has 2 aromatic carbocycles. The highest BCUT2D eigenvalue weighted by Gasteiger charge is 2.17. The van der Waals surface area contributed by atoms with Crippen LogP contribution in [0.1, 0.15) is 10.5 Å². The number of fused-ring (bicyclic) bond motifs is 1. The van der Waals surface area contributed by atoms with Gasteiger partial charge in [0, 0.05) is 23.6 Å². The summed E-state index contributed by atoms with van der Waals surface area (Å²) >= 11 is 5.29. The van der Waals surface area contributed by atoms with E-state index in [0.717, 1.165) is 5.69 Å². The topological polar surface area (TPSA) is 68.3 Å². The van der Waals surface area contributed by atoms with Crippen LogP contribution in [0.4, 0.5) is 5.69 Å². The fourth-order valence-corrected chi connectivity index (χ4v) is 2.80. The number of anilines is 1. The Bertz CT molecular complexity index is 963. The lowest BCUT2D eigenvalue weighted by molar-refractivity contribution is 0.102. The van der Waals surface area contributed by atoms with E-state index >= 15 is 0 Å². The van der Waals surface area contributed by atoms with E-state index < -0.39 is 0 Å². The predicted octanol–water partition coefficient (Wildman–Crippen LogP) is 3.52. The molecule has 3 aromatic rings. The van der Waals surface area contributed by atoms with Gasteiger partial charge in [0.05, 0.1) is 0 Å². The number of imidazole rings is 1. The van der Waals surface area contributed by atoms with Gasteiger partial charge in [-0.25, -0.2) is 0 Å². The number of aromatic nitrogens is 2. The number of rotatable bonds is 3. The van der Waals surface area contributed by atoms with Gasteiger partial charge in [0.2, 0.25) is 6.79 Å². The first kappa shape index (κ1) is 14.5. The quantitative estimate of drug-likeness (QED) is 0.717. The summed E-state index contributed by atoms with van der Waals surface area (Å²) in [7, 11) is 0. The summed E-state index contributed by atoms with van der Waals surface area (Å²) in [5, 5.41) is 2.85. The van der Waals surface area contributed by atoms with E-state index in [1.54, 1.807) is 29.0 Å². The molecule has 0 bridgehead atoms. The van der Waals surface area contributed by atoms with Crippen LogP contribution in [0.2, 0.25) is 0 Å². The number of amides is 1. The standard InChI is InChI=1S/C17H13N3O3S/c21-16(19-11-6-7-14-15(8-11)23-10-22-14)13-9-18-17(24)20(13)12-4-2-1-3-5-12/h1-9H,10H2,(H,18,24)(H,19,21). The van der Waals surface area contributed by atoms with Gasteiger partial charge in [0.15, 0.2) is 16.3 Å². The average Bonchev–Trinajstić information content (AvgIpc) is 3.21. The number of aromatic amines is 1. The van der Waals surface area contributed by atoms with E-state index in [2.05, 4.69) is 10.3 Å². The minimum atomic E-state index is -0.273. The van der Waals surface area contributed by atoms with E-state index in [4.69, 9.17) is 21.7 Å². The van der Waals surface area contributed by atoms with Crippen molar-refractivity contribution >= 4 is 23.8 Å². The van der Waals surface area contributed by atoms with Crippen LogP contribution in [-0.2, 0) is 0 Å². The molecule has 120 valence electrons. The minimum absolute atomic E-state index is 0.192. The Morgan fingerprint density at radius 1 is 1.12 bits per heavy atom. The zero-order valence-electron chi connectivity index (χ0n) is 12.5. The van der Waals surface area contributed by atoms with Gasteiger partial charge in [-0.2, -0.15) is 0 Å². The Labute approximate surface area is 142 Å². The molecule has 0 radical (unpaired) electrons. The Morgan fingerprint density at radius 3 is 2.75 bits per heavy atom. The minimum Gasteiger partial charge on any atom is -0.454 e. The summed E-state index contributed by atoms with van der Waals surface area (Å²) in [5.74, 6) is 1.01. The highest BCUT2D eigenvalue weighted by molar-refractivity contribution is 7.71. The van der Waals surface area contributed by atoms with Crippen LogP contribution < -0.4 is 14.8 Å². The van der Waals surface area contributed by atoms with Gasteiger partial charge in [0.25, 0.3) is 5.91 Å². The van der Waals surface area contributed by atoms with E-state index in [9.17, 15) is 4.79 Å². The largest absolute Gasteiger partial charge is 0.454 e. The number of para-hydroxylation sites is 1. The Hall–Kier alpha value is -3.06. The van der Waals surface area contributed by atoms with Crippen LogP contribution in [0.5, 0.6) is 11.5 Å². The highest BCUT2D eigenvalue weighted by atomic mass is 32.1. The second-order valence-corrected chi connectivity index (χ2v) is 5.56. The lowest BCUT2D eigenvalue weighted by Crippen LogP contribution is -2.16. The number of H-pyrrole nitrogens is 1. The first-order valence-corrected chi connectivity index (χ1v) is 7.70. The van der Waals surface area contributed by atoms with Crippen LogP contribution in [0.15, 0.2) is 54.7 Å². The van der Waals surface area contributed by atoms with Crippen molar-refractivity contribution < 1.29 is 14.3 Å². The molecule has 1 amide bonds. The molecule has 1 aliphatic heterocycles. The zero-order valence-corrected chi connectivity index (χ0v) is 13.3. The molecular formula is C17H13N3O3S. The van der Waals surface area contributed by atoms with Crippen LogP contribution in [-0.4, -0.2) is 22.3 Å². The molecule has 0 saturated carbocycles. The zero-order chi connectivity index (χ0) is 16.5. The number of carbonyl (C=O) groups excluding carboxylic acids is 1. The molecule has 24 heavy (non-hydrogen) atoms. The van der Waals surface area contributed by atoms with Crippen molar-refractivity contribution in [1.82, 2.24) is 9.55 Å². The van der Waals surface area contributed by atoms with E-state index in [-0.39, 0.29) is 12.7 Å². The molecule has 4 rings (SSSR count). The monoisotopic (exact) mass is 339 g/mol. The van der Waals surface area contributed by atoms with Crippen molar-refractivity contribution in [3.63, 3.8) is 0 Å². The number of benzene rings is 2. The van der Waals surface area contributed by atoms with Crippen molar-refractivity contribution in [3.8, 4) is 17.2 Å². The van der Waals surface area contributed by atoms with Gasteiger partial charge < -0.3 is 19.8 Å². The van der Waals surface area contributed by atoms with Crippen LogP contribution in [0, 0.1) is 4.77 Å². The lowest BCUT2D eigenvalue weighted by atomic mass is 10.2. The Morgan fingerprint density at radius 2 is 1.92 bits per heavy atom. The Kier molecular flexibility index (Phi) is 3.55. The SMILES string of the molecule is O=C(Nc1ccc2c(c1)OCO2)c1c[nH]c(=S)n1-c1ccccc1. The molecule has 1 aromatic heterocycles. The molecule has 0 aliphatic carbocycles. The van der Waals surface area contributed by atoms with E-state index in [1.165, 1.54) is 0 Å². The van der Waals surface area contributed by atoms with Crippen molar-refractivity contribution in [2.24, 2.45) is 0 Å².